The fourth-order valence-corrected chi connectivity index (χ4v) is 1.94. The predicted octanol–water partition coefficient (Wildman–Crippen LogP) is 0.674. The zero-order chi connectivity index (χ0) is 12.4. The average Bonchev–Trinajstić information content (AvgIpc) is 2.27. The number of imide groups is 1. The smallest absolute Gasteiger partial charge is 0.246 e. The first-order chi connectivity index (χ1) is 8.10. The van der Waals surface area contributed by atoms with Crippen LogP contribution in [0.25, 0.3) is 0 Å². The highest BCUT2D eigenvalue weighted by atomic mass is 35.5. The highest BCUT2D eigenvalue weighted by Gasteiger charge is 2.23. The number of rotatable bonds is 1. The van der Waals surface area contributed by atoms with Crippen molar-refractivity contribution in [1.29, 1.82) is 5.26 Å². The second-order valence-electron chi connectivity index (χ2n) is 3.61. The van der Waals surface area contributed by atoms with Crippen LogP contribution >= 0.6 is 11.6 Å². The second kappa shape index (κ2) is 4.44. The Labute approximate surface area is 103 Å². The number of hydrogen-bond donors (Lipinski definition) is 1. The summed E-state index contributed by atoms with van der Waals surface area (Å²) in [4.78, 5) is 24.0. The van der Waals surface area contributed by atoms with Crippen molar-refractivity contribution < 1.29 is 9.59 Å². The maximum atomic E-state index is 11.2. The van der Waals surface area contributed by atoms with Gasteiger partial charge in [-0.25, -0.2) is 0 Å². The number of anilines is 1. The van der Waals surface area contributed by atoms with Crippen LogP contribution in [0.3, 0.4) is 0 Å². The Morgan fingerprint density at radius 1 is 1.29 bits per heavy atom. The molecule has 1 fully saturated rings. The molecule has 0 aromatic heterocycles. The summed E-state index contributed by atoms with van der Waals surface area (Å²) < 4.78 is 0. The summed E-state index contributed by atoms with van der Waals surface area (Å²) in [6.45, 7) is 0.161. The third-order valence-corrected chi connectivity index (χ3v) is 2.67. The number of piperazine rings is 1. The molecule has 2 rings (SSSR count). The first-order valence-electron chi connectivity index (χ1n) is 4.87. The molecule has 0 spiro atoms. The van der Waals surface area contributed by atoms with Crippen LogP contribution in [0.15, 0.2) is 18.2 Å². The van der Waals surface area contributed by atoms with Gasteiger partial charge < -0.3 is 4.90 Å². The molecule has 17 heavy (non-hydrogen) atoms. The molecule has 1 aromatic rings. The first-order valence-corrected chi connectivity index (χ1v) is 5.25. The van der Waals surface area contributed by atoms with Gasteiger partial charge in [-0.2, -0.15) is 5.26 Å². The number of nitrogens with zero attached hydrogens (tertiary/aromatic N) is 2. The molecule has 0 unspecified atom stereocenters. The molecule has 1 saturated heterocycles. The maximum absolute atomic E-state index is 11.2. The minimum Gasteiger partial charge on any atom is -0.352 e. The van der Waals surface area contributed by atoms with E-state index in [0.717, 1.165) is 0 Å². The zero-order valence-corrected chi connectivity index (χ0v) is 9.49. The van der Waals surface area contributed by atoms with Gasteiger partial charge in [0, 0.05) is 0 Å². The Morgan fingerprint density at radius 2 is 1.94 bits per heavy atom. The topological polar surface area (TPSA) is 73.2 Å². The van der Waals surface area contributed by atoms with Crippen LogP contribution in [0.4, 0.5) is 5.69 Å². The maximum Gasteiger partial charge on any atom is 0.246 e. The van der Waals surface area contributed by atoms with Gasteiger partial charge in [0.2, 0.25) is 11.8 Å². The quantitative estimate of drug-likeness (QED) is 0.743. The van der Waals surface area contributed by atoms with E-state index in [1.165, 1.54) is 6.07 Å². The van der Waals surface area contributed by atoms with Crippen molar-refractivity contribution in [3.8, 4) is 6.07 Å². The van der Waals surface area contributed by atoms with Crippen molar-refractivity contribution in [2.75, 3.05) is 18.0 Å². The molecule has 0 bridgehead atoms. The van der Waals surface area contributed by atoms with E-state index < -0.39 is 0 Å². The molecule has 1 N–H and O–H groups in total. The van der Waals surface area contributed by atoms with E-state index in [-0.39, 0.29) is 24.9 Å². The van der Waals surface area contributed by atoms with Crippen LogP contribution in [0.2, 0.25) is 5.02 Å². The second-order valence-corrected chi connectivity index (χ2v) is 4.01. The van der Waals surface area contributed by atoms with Crippen molar-refractivity contribution in [3.63, 3.8) is 0 Å². The normalized spacial score (nSPS) is 15.4. The fraction of sp³-hybridized carbons (Fsp3) is 0.182. The number of hydrogen-bond acceptors (Lipinski definition) is 4. The lowest BCUT2D eigenvalue weighted by atomic mass is 10.2. The third kappa shape index (κ3) is 2.37. The molecular weight excluding hydrogens is 242 g/mol. The van der Waals surface area contributed by atoms with Gasteiger partial charge in [-0.1, -0.05) is 11.6 Å². The van der Waals surface area contributed by atoms with E-state index >= 15 is 0 Å². The summed E-state index contributed by atoms with van der Waals surface area (Å²) in [5.41, 5.74) is 1.01. The molecule has 1 aromatic carbocycles. The van der Waals surface area contributed by atoms with E-state index in [1.54, 1.807) is 17.0 Å². The lowest BCUT2D eigenvalue weighted by Gasteiger charge is -2.28. The molecule has 1 aliphatic rings. The van der Waals surface area contributed by atoms with Crippen LogP contribution in [-0.2, 0) is 9.59 Å². The van der Waals surface area contributed by atoms with Crippen LogP contribution in [-0.4, -0.2) is 24.9 Å². The molecule has 5 nitrogen and oxygen atoms in total. The molecule has 2 amide bonds. The SMILES string of the molecule is N#Cc1ccc(N2CC(=O)NC(=O)C2)c(Cl)c1. The van der Waals surface area contributed by atoms with Crippen LogP contribution in [0.1, 0.15) is 5.56 Å². The highest BCUT2D eigenvalue weighted by Crippen LogP contribution is 2.27. The highest BCUT2D eigenvalue weighted by molar-refractivity contribution is 6.33. The van der Waals surface area contributed by atoms with E-state index in [9.17, 15) is 9.59 Å². The monoisotopic (exact) mass is 249 g/mol. The van der Waals surface area contributed by atoms with Crippen molar-refractivity contribution in [2.45, 2.75) is 0 Å². The summed E-state index contributed by atoms with van der Waals surface area (Å²) in [6.07, 6.45) is 0. The van der Waals surface area contributed by atoms with Gasteiger partial charge in [0.1, 0.15) is 0 Å². The van der Waals surface area contributed by atoms with Gasteiger partial charge in [0.15, 0.2) is 0 Å². The van der Waals surface area contributed by atoms with Crippen molar-refractivity contribution in [3.05, 3.63) is 28.8 Å². The van der Waals surface area contributed by atoms with E-state index in [1.807, 2.05) is 6.07 Å². The molecule has 1 aliphatic heterocycles. The first kappa shape index (κ1) is 11.4. The number of halogens is 1. The number of nitriles is 1. The zero-order valence-electron chi connectivity index (χ0n) is 8.74. The summed E-state index contributed by atoms with van der Waals surface area (Å²) >= 11 is 6.00. The van der Waals surface area contributed by atoms with Gasteiger partial charge >= 0.3 is 0 Å². The fourth-order valence-electron chi connectivity index (χ4n) is 1.64. The summed E-state index contributed by atoms with van der Waals surface area (Å²) in [7, 11) is 0. The van der Waals surface area contributed by atoms with Gasteiger partial charge in [-0.3, -0.25) is 14.9 Å². The Hall–Kier alpha value is -2.06. The van der Waals surface area contributed by atoms with Crippen LogP contribution < -0.4 is 10.2 Å². The van der Waals surface area contributed by atoms with Gasteiger partial charge in [-0.15, -0.1) is 0 Å². The molecule has 86 valence electrons. The number of nitrogens with one attached hydrogen (secondary N) is 1. The molecule has 0 radical (unpaired) electrons. The number of amides is 2. The largest absolute Gasteiger partial charge is 0.352 e. The number of carbonyl (C=O) groups excluding carboxylic acids is 2. The van der Waals surface area contributed by atoms with Crippen LogP contribution in [0.5, 0.6) is 0 Å². The molecule has 0 saturated carbocycles. The Bertz CT molecular complexity index is 520. The number of carbonyl (C=O) groups is 2. The molecule has 0 aliphatic carbocycles. The van der Waals surface area contributed by atoms with Crippen LogP contribution in [0, 0.1) is 11.3 Å². The van der Waals surface area contributed by atoms with Crippen molar-refractivity contribution in [2.24, 2.45) is 0 Å². The molecule has 0 atom stereocenters. The minimum atomic E-state index is -0.360. The minimum absolute atomic E-state index is 0.0807. The van der Waals surface area contributed by atoms with E-state index in [0.29, 0.717) is 16.3 Å². The molecule has 1 heterocycles. The van der Waals surface area contributed by atoms with E-state index in [4.69, 9.17) is 16.9 Å². The molecule has 6 heteroatoms. The standard InChI is InChI=1S/C11H8ClN3O2/c12-8-3-7(4-13)1-2-9(8)15-5-10(16)14-11(17)6-15/h1-3H,5-6H2,(H,14,16,17). The van der Waals surface area contributed by atoms with Crippen molar-refractivity contribution >= 4 is 29.1 Å². The van der Waals surface area contributed by atoms with E-state index in [2.05, 4.69) is 5.32 Å². The van der Waals surface area contributed by atoms with Gasteiger partial charge in [0.25, 0.3) is 0 Å². The summed E-state index contributed by atoms with van der Waals surface area (Å²) in [5.74, 6) is -0.719. The third-order valence-electron chi connectivity index (χ3n) is 2.37. The lowest BCUT2D eigenvalue weighted by Crippen LogP contribution is -2.51. The Kier molecular flexibility index (Phi) is 2.98. The summed E-state index contributed by atoms with van der Waals surface area (Å²) in [6, 6.07) is 6.70. The van der Waals surface area contributed by atoms with Gasteiger partial charge in [-0.05, 0) is 18.2 Å². The predicted molar refractivity (Wildman–Crippen MR) is 61.5 cm³/mol. The number of benzene rings is 1. The Morgan fingerprint density at radius 3 is 2.47 bits per heavy atom. The Balaban J connectivity index is 2.31. The average molecular weight is 250 g/mol. The molecular formula is C11H8ClN3O2. The van der Waals surface area contributed by atoms with Crippen molar-refractivity contribution in [1.82, 2.24) is 5.32 Å². The van der Waals surface area contributed by atoms with Gasteiger partial charge in [0.05, 0.1) is 35.4 Å². The summed E-state index contributed by atoms with van der Waals surface area (Å²) in [5, 5.41) is 11.3. The lowest BCUT2D eigenvalue weighted by molar-refractivity contribution is -0.130.